The van der Waals surface area contributed by atoms with Crippen molar-refractivity contribution >= 4 is 11.8 Å². The zero-order valence-electron chi connectivity index (χ0n) is 26.1. The number of amides is 2. The third-order valence-corrected chi connectivity index (χ3v) is 7.72. The fourth-order valence-electron chi connectivity index (χ4n) is 5.59. The molecule has 2 amide bonds. The lowest BCUT2D eigenvalue weighted by molar-refractivity contribution is 0.0540. The molecule has 46 heavy (non-hydrogen) atoms. The third-order valence-electron chi connectivity index (χ3n) is 7.72. The number of hydrogen-bond acceptors (Lipinski definition) is 11. The minimum absolute atomic E-state index is 0.0146. The van der Waals surface area contributed by atoms with Crippen molar-refractivity contribution in [3.63, 3.8) is 0 Å². The van der Waals surface area contributed by atoms with Gasteiger partial charge in [-0.3, -0.25) is 24.4 Å². The average Bonchev–Trinajstić information content (AvgIpc) is 3.03. The zero-order chi connectivity index (χ0) is 33.4. The first-order chi connectivity index (χ1) is 22.0. The van der Waals surface area contributed by atoms with Crippen LogP contribution in [-0.4, -0.2) is 96.0 Å². The molecule has 0 saturated heterocycles. The lowest BCUT2D eigenvalue weighted by atomic mass is 10.0. The van der Waals surface area contributed by atoms with Gasteiger partial charge in [-0.2, -0.15) is 0 Å². The van der Waals surface area contributed by atoms with Crippen LogP contribution in [0.25, 0.3) is 0 Å². The molecule has 1 aromatic heterocycles. The highest BCUT2D eigenvalue weighted by molar-refractivity contribution is 5.98. The Morgan fingerprint density at radius 2 is 1.17 bits per heavy atom. The largest absolute Gasteiger partial charge is 0.507 e. The number of nitrogens with zero attached hydrogens (tertiary/aromatic N) is 3. The van der Waals surface area contributed by atoms with E-state index in [4.69, 9.17) is 15.2 Å². The molecule has 1 aliphatic heterocycles. The summed E-state index contributed by atoms with van der Waals surface area (Å²) in [6, 6.07) is 12.5. The van der Waals surface area contributed by atoms with Crippen molar-refractivity contribution in [3.05, 3.63) is 87.2 Å². The van der Waals surface area contributed by atoms with Gasteiger partial charge in [-0.05, 0) is 75.2 Å². The number of aliphatic hydroxyl groups is 4. The monoisotopic (exact) mass is 637 g/mol. The molecule has 2 aromatic carbocycles. The number of carbonyl (C=O) groups excluding carboxylic acids is 2. The predicted octanol–water partition coefficient (Wildman–Crippen LogP) is 0.989. The molecule has 2 atom stereocenters. The summed E-state index contributed by atoms with van der Waals surface area (Å²) in [5.41, 5.74) is 4.31. The van der Waals surface area contributed by atoms with E-state index in [0.717, 1.165) is 35.4 Å². The fraction of sp³-hybridized carbons (Fsp3) is 0.424. The second-order valence-electron chi connectivity index (χ2n) is 11.7. The summed E-state index contributed by atoms with van der Waals surface area (Å²) in [7, 11) is 0. The maximum atomic E-state index is 12.7. The molecule has 8 N–H and O–H groups in total. The summed E-state index contributed by atoms with van der Waals surface area (Å²) < 4.78 is 0. The van der Waals surface area contributed by atoms with Gasteiger partial charge in [0.05, 0.1) is 35.7 Å². The fourth-order valence-corrected chi connectivity index (χ4v) is 5.59. The van der Waals surface area contributed by atoms with Crippen molar-refractivity contribution in [2.45, 2.75) is 65.3 Å². The average molecular weight is 638 g/mol. The molecule has 13 heteroatoms. The lowest BCUT2D eigenvalue weighted by Crippen LogP contribution is -2.37. The number of carbonyl (C=O) groups is 2. The first-order valence-electron chi connectivity index (χ1n) is 15.2. The quantitative estimate of drug-likeness (QED) is 0.148. The van der Waals surface area contributed by atoms with Crippen LogP contribution in [0.1, 0.15) is 67.2 Å². The SMILES string of the molecule is Cc1cc(CN2CCCCN(Cc3cc(C)cc(C(=O)NC(O)CO)c3O)Cc3cccc(n3)C2)c(O)c(C(=O)NC(O)CO)c1. The highest BCUT2D eigenvalue weighted by Gasteiger charge is 2.22. The number of benzene rings is 2. The predicted molar refractivity (Wildman–Crippen MR) is 169 cm³/mol. The van der Waals surface area contributed by atoms with Crippen LogP contribution < -0.4 is 10.6 Å². The molecule has 248 valence electrons. The Bertz CT molecular complexity index is 1430. The van der Waals surface area contributed by atoms with Crippen molar-refractivity contribution in [1.29, 1.82) is 0 Å². The third kappa shape index (κ3) is 9.22. The summed E-state index contributed by atoms with van der Waals surface area (Å²) in [5, 5.41) is 64.0. The van der Waals surface area contributed by atoms with Crippen molar-refractivity contribution in [3.8, 4) is 11.5 Å². The van der Waals surface area contributed by atoms with Crippen LogP contribution in [-0.2, 0) is 26.2 Å². The number of aryl methyl sites for hydroxylation is 2. The van der Waals surface area contributed by atoms with Crippen molar-refractivity contribution in [2.24, 2.45) is 0 Å². The molecule has 0 saturated carbocycles. The van der Waals surface area contributed by atoms with E-state index in [9.17, 15) is 30.0 Å². The highest BCUT2D eigenvalue weighted by atomic mass is 16.3. The van der Waals surface area contributed by atoms with Crippen LogP contribution >= 0.6 is 0 Å². The zero-order valence-corrected chi connectivity index (χ0v) is 26.1. The molecular weight excluding hydrogens is 594 g/mol. The lowest BCUT2D eigenvalue weighted by Gasteiger charge is -2.24. The molecule has 4 rings (SSSR count). The summed E-state index contributed by atoms with van der Waals surface area (Å²) in [4.78, 5) is 34.5. The summed E-state index contributed by atoms with van der Waals surface area (Å²) in [6.07, 6.45) is -1.27. The van der Waals surface area contributed by atoms with Gasteiger partial charge in [0.25, 0.3) is 11.8 Å². The highest BCUT2D eigenvalue weighted by Crippen LogP contribution is 2.29. The van der Waals surface area contributed by atoms with Crippen LogP contribution in [0.5, 0.6) is 11.5 Å². The first kappa shape index (κ1) is 34.8. The van der Waals surface area contributed by atoms with Crippen LogP contribution in [0, 0.1) is 13.8 Å². The summed E-state index contributed by atoms with van der Waals surface area (Å²) >= 11 is 0. The summed E-state index contributed by atoms with van der Waals surface area (Å²) in [6.45, 7) is 5.37. The van der Waals surface area contributed by atoms with Gasteiger partial charge >= 0.3 is 0 Å². The number of nitrogens with one attached hydrogen (secondary N) is 2. The number of aromatic nitrogens is 1. The summed E-state index contributed by atoms with van der Waals surface area (Å²) in [5.74, 6) is -1.75. The Kier molecular flexibility index (Phi) is 12.0. The number of hydrogen-bond donors (Lipinski definition) is 8. The smallest absolute Gasteiger partial charge is 0.257 e. The number of phenolic OH excluding ortho intramolecular Hbond substituents is 2. The maximum absolute atomic E-state index is 12.7. The van der Waals surface area contributed by atoms with E-state index in [1.54, 1.807) is 0 Å². The number of aromatic hydroxyl groups is 2. The Balaban J connectivity index is 1.52. The molecule has 0 radical (unpaired) electrons. The van der Waals surface area contributed by atoms with Gasteiger partial charge in [-0.1, -0.05) is 18.2 Å². The topological polar surface area (TPSA) is 199 Å². The van der Waals surface area contributed by atoms with E-state index in [1.807, 2.05) is 44.2 Å². The standard InChI is InChI=1S/C33H43N5O8/c1-20-10-22(30(43)26(12-20)32(45)35-28(41)18-39)14-37-8-3-4-9-38(17-25-7-5-6-24(16-37)34-25)15-23-11-21(2)13-27(31(23)44)33(46)36-29(42)19-40/h5-7,10-13,28-29,39-44H,3-4,8-9,14-19H2,1-2H3,(H,35,45)(H,36,46). The molecular formula is C33H43N5O8. The van der Waals surface area contributed by atoms with E-state index in [2.05, 4.69) is 20.4 Å². The number of rotatable bonds is 10. The van der Waals surface area contributed by atoms with Gasteiger partial charge < -0.3 is 41.3 Å². The van der Waals surface area contributed by atoms with Crippen LogP contribution in [0.15, 0.2) is 42.5 Å². The first-order valence-corrected chi connectivity index (χ1v) is 15.2. The number of fused-ring (bicyclic) bond motifs is 2. The van der Waals surface area contributed by atoms with Gasteiger partial charge in [0.15, 0.2) is 0 Å². The van der Waals surface area contributed by atoms with Gasteiger partial charge in [0.1, 0.15) is 24.0 Å². The number of aliphatic hydroxyl groups excluding tert-OH is 4. The Hall–Kier alpha value is -4.11. The minimum Gasteiger partial charge on any atom is -0.507 e. The second-order valence-corrected chi connectivity index (χ2v) is 11.7. The van der Waals surface area contributed by atoms with E-state index < -0.39 is 37.5 Å². The second kappa shape index (κ2) is 15.9. The van der Waals surface area contributed by atoms with Gasteiger partial charge in [-0.25, -0.2) is 0 Å². The molecule has 3 aromatic rings. The van der Waals surface area contributed by atoms with Gasteiger partial charge in [-0.15, -0.1) is 0 Å². The molecule has 2 unspecified atom stereocenters. The Labute approximate surface area is 267 Å². The normalized spacial score (nSPS) is 15.9. The van der Waals surface area contributed by atoms with Crippen LogP contribution in [0.3, 0.4) is 0 Å². The molecule has 0 spiro atoms. The molecule has 2 heterocycles. The van der Waals surface area contributed by atoms with E-state index in [1.165, 1.54) is 12.1 Å². The van der Waals surface area contributed by atoms with Gasteiger partial charge in [0, 0.05) is 37.3 Å². The molecule has 2 bridgehead atoms. The van der Waals surface area contributed by atoms with Crippen molar-refractivity contribution in [2.75, 3.05) is 26.3 Å². The Morgan fingerprint density at radius 3 is 1.57 bits per heavy atom. The van der Waals surface area contributed by atoms with Crippen molar-refractivity contribution in [1.82, 2.24) is 25.4 Å². The number of phenols is 2. The molecule has 0 fully saturated rings. The number of pyridine rings is 1. The molecule has 1 aliphatic rings. The Morgan fingerprint density at radius 1 is 0.761 bits per heavy atom. The van der Waals surface area contributed by atoms with E-state index >= 15 is 0 Å². The maximum Gasteiger partial charge on any atom is 0.257 e. The molecule has 0 aliphatic carbocycles. The van der Waals surface area contributed by atoms with E-state index in [-0.39, 0.29) is 22.6 Å². The van der Waals surface area contributed by atoms with Crippen molar-refractivity contribution < 1.29 is 40.2 Å². The van der Waals surface area contributed by atoms with E-state index in [0.29, 0.717) is 50.4 Å². The minimum atomic E-state index is -1.44. The van der Waals surface area contributed by atoms with Crippen LogP contribution in [0.4, 0.5) is 0 Å². The van der Waals surface area contributed by atoms with Crippen LogP contribution in [0.2, 0.25) is 0 Å². The van der Waals surface area contributed by atoms with Gasteiger partial charge in [0.2, 0.25) is 0 Å². The molecule has 13 nitrogen and oxygen atoms in total.